The Hall–Kier alpha value is -0.650. The molecule has 14 heavy (non-hydrogen) atoms. The second-order valence-corrected chi connectivity index (χ2v) is 5.30. The third kappa shape index (κ3) is 2.94. The van der Waals surface area contributed by atoms with Crippen molar-refractivity contribution in [2.75, 3.05) is 16.7 Å². The van der Waals surface area contributed by atoms with Gasteiger partial charge in [0.05, 0.1) is 22.0 Å². The summed E-state index contributed by atoms with van der Waals surface area (Å²) in [5, 5.41) is 0.334. The van der Waals surface area contributed by atoms with E-state index in [1.807, 2.05) is 0 Å². The summed E-state index contributed by atoms with van der Waals surface area (Å²) in [5.41, 5.74) is 5.96. The molecule has 0 amide bonds. The summed E-state index contributed by atoms with van der Waals surface area (Å²) in [6, 6.07) is 2.84. The lowest BCUT2D eigenvalue weighted by Gasteiger charge is -2.08. The summed E-state index contributed by atoms with van der Waals surface area (Å²) >= 11 is 11.5. The summed E-state index contributed by atoms with van der Waals surface area (Å²) in [6.07, 6.45) is 1.01. The molecule has 0 radical (unpaired) electrons. The fourth-order valence-corrected chi connectivity index (χ4v) is 2.18. The fourth-order valence-electron chi connectivity index (χ4n) is 0.876. The first-order valence-electron chi connectivity index (χ1n) is 3.52. The number of nitrogens with two attached hydrogens (primary N) is 1. The Kier molecular flexibility index (Phi) is 3.14. The highest BCUT2D eigenvalue weighted by Crippen LogP contribution is 2.33. The average Bonchev–Trinajstić information content (AvgIpc) is 1.95. The molecule has 1 rings (SSSR count). The van der Waals surface area contributed by atoms with Crippen molar-refractivity contribution in [2.24, 2.45) is 0 Å². The van der Waals surface area contributed by atoms with Crippen LogP contribution in [0, 0.1) is 0 Å². The molecule has 78 valence electrons. The monoisotopic (exact) mass is 254 g/mol. The maximum Gasteiger partial charge on any atom is 0.229 e. The Morgan fingerprint density at radius 1 is 1.29 bits per heavy atom. The van der Waals surface area contributed by atoms with Crippen LogP contribution in [0.2, 0.25) is 10.0 Å². The van der Waals surface area contributed by atoms with Crippen molar-refractivity contribution in [3.63, 3.8) is 0 Å². The van der Waals surface area contributed by atoms with Gasteiger partial charge in [0.25, 0.3) is 0 Å². The Labute approximate surface area is 92.1 Å². The summed E-state index contributed by atoms with van der Waals surface area (Å²) in [7, 11) is -3.39. The van der Waals surface area contributed by atoms with Crippen LogP contribution < -0.4 is 10.5 Å². The van der Waals surface area contributed by atoms with Crippen LogP contribution in [0.4, 0.5) is 11.4 Å². The van der Waals surface area contributed by atoms with Crippen molar-refractivity contribution in [3.05, 3.63) is 22.2 Å². The average molecular weight is 255 g/mol. The molecule has 0 heterocycles. The van der Waals surface area contributed by atoms with Crippen LogP contribution in [0.15, 0.2) is 12.1 Å². The van der Waals surface area contributed by atoms with Crippen LogP contribution in [0.25, 0.3) is 0 Å². The van der Waals surface area contributed by atoms with Crippen molar-refractivity contribution < 1.29 is 8.42 Å². The second-order valence-electron chi connectivity index (χ2n) is 2.73. The highest BCUT2D eigenvalue weighted by Gasteiger charge is 2.11. The molecule has 0 aliphatic carbocycles. The van der Waals surface area contributed by atoms with E-state index in [1.165, 1.54) is 12.1 Å². The highest BCUT2D eigenvalue weighted by atomic mass is 35.5. The van der Waals surface area contributed by atoms with E-state index in [0.29, 0.717) is 5.69 Å². The lowest BCUT2D eigenvalue weighted by Crippen LogP contribution is -2.10. The standard InChI is InChI=1S/C7H8Cl2N2O2S/c1-14(12,13)11-7-5(8)2-4(10)3-6(7)9/h2-3,11H,10H2,1H3. The Bertz CT molecular complexity index is 436. The minimum atomic E-state index is -3.39. The fraction of sp³-hybridized carbons (Fsp3) is 0.143. The van der Waals surface area contributed by atoms with Gasteiger partial charge in [-0.2, -0.15) is 0 Å². The maximum absolute atomic E-state index is 10.9. The molecule has 3 N–H and O–H groups in total. The molecule has 0 fully saturated rings. The van der Waals surface area contributed by atoms with E-state index in [0.717, 1.165) is 6.26 Å². The number of nitrogen functional groups attached to an aromatic ring is 1. The largest absolute Gasteiger partial charge is 0.399 e. The molecule has 0 saturated carbocycles. The predicted molar refractivity (Wildman–Crippen MR) is 59.3 cm³/mol. The number of hydrogen-bond acceptors (Lipinski definition) is 3. The van der Waals surface area contributed by atoms with Crippen molar-refractivity contribution in [1.29, 1.82) is 0 Å². The zero-order chi connectivity index (χ0) is 10.9. The van der Waals surface area contributed by atoms with E-state index in [-0.39, 0.29) is 15.7 Å². The predicted octanol–water partition coefficient (Wildman–Crippen LogP) is 1.95. The molecule has 0 aromatic heterocycles. The maximum atomic E-state index is 10.9. The minimum Gasteiger partial charge on any atom is -0.399 e. The molecular formula is C7H8Cl2N2O2S. The Morgan fingerprint density at radius 2 is 1.71 bits per heavy atom. The van der Waals surface area contributed by atoms with Gasteiger partial charge in [-0.25, -0.2) is 8.42 Å². The van der Waals surface area contributed by atoms with E-state index in [1.54, 1.807) is 0 Å². The molecule has 0 saturated heterocycles. The van der Waals surface area contributed by atoms with Gasteiger partial charge in [0.2, 0.25) is 10.0 Å². The van der Waals surface area contributed by atoms with Crippen LogP contribution in [0.1, 0.15) is 0 Å². The lowest BCUT2D eigenvalue weighted by molar-refractivity contribution is 0.607. The molecule has 1 aromatic rings. The Morgan fingerprint density at radius 3 is 2.07 bits per heavy atom. The second kappa shape index (κ2) is 3.84. The normalized spacial score (nSPS) is 11.4. The number of halogens is 2. The van der Waals surface area contributed by atoms with Crippen molar-refractivity contribution in [3.8, 4) is 0 Å². The number of anilines is 2. The molecule has 0 aliphatic heterocycles. The zero-order valence-electron chi connectivity index (χ0n) is 7.21. The number of hydrogen-bond donors (Lipinski definition) is 2. The summed E-state index contributed by atoms with van der Waals surface area (Å²) in [6.45, 7) is 0. The molecule has 0 bridgehead atoms. The summed E-state index contributed by atoms with van der Waals surface area (Å²) in [5.74, 6) is 0. The van der Waals surface area contributed by atoms with Gasteiger partial charge in [0.15, 0.2) is 0 Å². The highest BCUT2D eigenvalue weighted by molar-refractivity contribution is 7.92. The van der Waals surface area contributed by atoms with E-state index in [9.17, 15) is 8.42 Å². The van der Waals surface area contributed by atoms with Gasteiger partial charge in [-0.1, -0.05) is 23.2 Å². The van der Waals surface area contributed by atoms with Crippen LogP contribution in [0.3, 0.4) is 0 Å². The van der Waals surface area contributed by atoms with E-state index < -0.39 is 10.0 Å². The molecule has 0 aliphatic rings. The molecular weight excluding hydrogens is 247 g/mol. The SMILES string of the molecule is CS(=O)(=O)Nc1c(Cl)cc(N)cc1Cl. The van der Waals surface area contributed by atoms with Gasteiger partial charge < -0.3 is 5.73 Å². The van der Waals surface area contributed by atoms with Gasteiger partial charge in [-0.15, -0.1) is 0 Å². The van der Waals surface area contributed by atoms with Crippen LogP contribution in [-0.2, 0) is 10.0 Å². The van der Waals surface area contributed by atoms with Gasteiger partial charge in [0, 0.05) is 5.69 Å². The van der Waals surface area contributed by atoms with Crippen LogP contribution >= 0.6 is 23.2 Å². The molecule has 7 heteroatoms. The number of benzene rings is 1. The third-order valence-electron chi connectivity index (χ3n) is 1.35. The van der Waals surface area contributed by atoms with Crippen LogP contribution in [0.5, 0.6) is 0 Å². The Balaban J connectivity index is 3.22. The van der Waals surface area contributed by atoms with Gasteiger partial charge >= 0.3 is 0 Å². The lowest BCUT2D eigenvalue weighted by atomic mass is 10.3. The summed E-state index contributed by atoms with van der Waals surface area (Å²) in [4.78, 5) is 0. The zero-order valence-corrected chi connectivity index (χ0v) is 9.54. The van der Waals surface area contributed by atoms with Gasteiger partial charge in [0.1, 0.15) is 0 Å². The first kappa shape index (κ1) is 11.4. The quantitative estimate of drug-likeness (QED) is 0.793. The molecule has 1 aromatic carbocycles. The van der Waals surface area contributed by atoms with Crippen molar-refractivity contribution in [2.45, 2.75) is 0 Å². The smallest absolute Gasteiger partial charge is 0.229 e. The first-order valence-corrected chi connectivity index (χ1v) is 6.16. The van der Waals surface area contributed by atoms with Crippen molar-refractivity contribution in [1.82, 2.24) is 0 Å². The van der Waals surface area contributed by atoms with Gasteiger partial charge in [-0.3, -0.25) is 4.72 Å². The van der Waals surface area contributed by atoms with Crippen molar-refractivity contribution >= 4 is 44.6 Å². The number of rotatable bonds is 2. The van der Waals surface area contributed by atoms with Gasteiger partial charge in [-0.05, 0) is 12.1 Å². The molecule has 0 spiro atoms. The van der Waals surface area contributed by atoms with E-state index in [4.69, 9.17) is 28.9 Å². The molecule has 0 unspecified atom stereocenters. The minimum absolute atomic E-state index is 0.144. The van der Waals surface area contributed by atoms with E-state index >= 15 is 0 Å². The first-order chi connectivity index (χ1) is 6.29. The van der Waals surface area contributed by atoms with Crippen LogP contribution in [-0.4, -0.2) is 14.7 Å². The topological polar surface area (TPSA) is 72.2 Å². The molecule has 0 atom stereocenters. The van der Waals surface area contributed by atoms with E-state index in [2.05, 4.69) is 4.72 Å². The summed E-state index contributed by atoms with van der Waals surface area (Å²) < 4.78 is 24.1. The third-order valence-corrected chi connectivity index (χ3v) is 2.52. The number of nitrogens with one attached hydrogen (secondary N) is 1. The molecule has 4 nitrogen and oxygen atoms in total. The number of sulfonamides is 1.